The van der Waals surface area contributed by atoms with Crippen LogP contribution in [0, 0.1) is 0 Å². The molecule has 1 atom stereocenters. The molecular formula is C14H19NO3S. The van der Waals surface area contributed by atoms with Crippen LogP contribution in [0.2, 0.25) is 0 Å². The summed E-state index contributed by atoms with van der Waals surface area (Å²) in [4.78, 5) is 0.337. The van der Waals surface area contributed by atoms with Crippen molar-refractivity contribution in [1.82, 2.24) is 4.57 Å². The smallest absolute Gasteiger partial charge is 0.175 e. The number of hydrogen-bond acceptors (Lipinski definition) is 3. The molecule has 1 heterocycles. The van der Waals surface area contributed by atoms with Gasteiger partial charge in [-0.15, -0.1) is 0 Å². The molecular weight excluding hydrogens is 262 g/mol. The fourth-order valence-electron chi connectivity index (χ4n) is 2.25. The van der Waals surface area contributed by atoms with E-state index in [1.54, 1.807) is 19.1 Å². The number of benzene rings is 1. The molecule has 1 N–H and O–H groups in total. The quantitative estimate of drug-likeness (QED) is 0.931. The molecule has 0 aliphatic heterocycles. The lowest BCUT2D eigenvalue weighted by Gasteiger charge is -2.04. The zero-order valence-electron chi connectivity index (χ0n) is 11.4. The summed E-state index contributed by atoms with van der Waals surface area (Å²) in [5.74, 6) is 0. The van der Waals surface area contributed by atoms with Crippen molar-refractivity contribution < 1.29 is 13.5 Å². The zero-order chi connectivity index (χ0) is 14.2. The summed E-state index contributed by atoms with van der Waals surface area (Å²) in [6.07, 6.45) is 4.27. The third-order valence-electron chi connectivity index (χ3n) is 3.30. The van der Waals surface area contributed by atoms with Crippen molar-refractivity contribution in [3.8, 4) is 0 Å². The number of sulfone groups is 1. The fourth-order valence-corrected chi connectivity index (χ4v) is 2.89. The lowest BCUT2D eigenvalue weighted by atomic mass is 10.1. The molecule has 0 aliphatic rings. The number of nitrogens with zero attached hydrogens (tertiary/aromatic N) is 1. The van der Waals surface area contributed by atoms with Gasteiger partial charge in [0.1, 0.15) is 0 Å². The number of fused-ring (bicyclic) bond motifs is 1. The first kappa shape index (κ1) is 14.1. The van der Waals surface area contributed by atoms with Crippen molar-refractivity contribution in [3.05, 3.63) is 30.0 Å². The Morgan fingerprint density at radius 3 is 2.63 bits per heavy atom. The fraction of sp³-hybridized carbons (Fsp3) is 0.429. The SMILES string of the molecule is CC(O)CCc1cn(C)c2ccc(S(C)(=O)=O)cc12. The van der Waals surface area contributed by atoms with Crippen LogP contribution in [-0.2, 0) is 23.3 Å². The van der Waals surface area contributed by atoms with Crippen LogP contribution in [0.3, 0.4) is 0 Å². The van der Waals surface area contributed by atoms with Gasteiger partial charge >= 0.3 is 0 Å². The molecule has 0 amide bonds. The van der Waals surface area contributed by atoms with Gasteiger partial charge in [-0.25, -0.2) is 8.42 Å². The van der Waals surface area contributed by atoms with Crippen molar-refractivity contribution in [2.75, 3.05) is 6.26 Å². The molecule has 0 spiro atoms. The van der Waals surface area contributed by atoms with Gasteiger partial charge in [-0.05, 0) is 43.5 Å². The van der Waals surface area contributed by atoms with Gasteiger partial charge in [-0.2, -0.15) is 0 Å². The van der Waals surface area contributed by atoms with E-state index in [4.69, 9.17) is 0 Å². The van der Waals surface area contributed by atoms with Crippen LogP contribution < -0.4 is 0 Å². The normalized spacial score (nSPS) is 13.9. The van der Waals surface area contributed by atoms with Gasteiger partial charge in [0, 0.05) is 30.4 Å². The van der Waals surface area contributed by atoms with E-state index in [9.17, 15) is 13.5 Å². The molecule has 2 aromatic rings. The molecule has 1 aromatic carbocycles. The van der Waals surface area contributed by atoms with E-state index in [1.165, 1.54) is 6.26 Å². The number of rotatable bonds is 4. The summed E-state index contributed by atoms with van der Waals surface area (Å²) in [5, 5.41) is 10.3. The Balaban J connectivity index is 2.53. The highest BCUT2D eigenvalue weighted by molar-refractivity contribution is 7.90. The summed E-state index contributed by atoms with van der Waals surface area (Å²) in [6.45, 7) is 1.76. The molecule has 0 saturated heterocycles. The Morgan fingerprint density at radius 2 is 2.05 bits per heavy atom. The van der Waals surface area contributed by atoms with Crippen molar-refractivity contribution in [2.45, 2.75) is 30.8 Å². The van der Waals surface area contributed by atoms with E-state index in [2.05, 4.69) is 0 Å². The molecule has 2 rings (SSSR count). The number of aliphatic hydroxyl groups excluding tert-OH is 1. The van der Waals surface area contributed by atoms with Crippen LogP contribution in [0.1, 0.15) is 18.9 Å². The van der Waals surface area contributed by atoms with Crippen molar-refractivity contribution in [3.63, 3.8) is 0 Å². The molecule has 0 saturated carbocycles. The van der Waals surface area contributed by atoms with E-state index in [0.717, 1.165) is 22.9 Å². The maximum atomic E-state index is 11.6. The van der Waals surface area contributed by atoms with Gasteiger partial charge in [-0.3, -0.25) is 0 Å². The van der Waals surface area contributed by atoms with Crippen LogP contribution >= 0.6 is 0 Å². The third kappa shape index (κ3) is 2.98. The molecule has 1 unspecified atom stereocenters. The Kier molecular flexibility index (Phi) is 3.69. The van der Waals surface area contributed by atoms with E-state index >= 15 is 0 Å². The molecule has 0 fully saturated rings. The van der Waals surface area contributed by atoms with E-state index < -0.39 is 9.84 Å². The monoisotopic (exact) mass is 281 g/mol. The molecule has 104 valence electrons. The number of aryl methyl sites for hydroxylation is 2. The van der Waals surface area contributed by atoms with Gasteiger partial charge in [0.25, 0.3) is 0 Å². The second kappa shape index (κ2) is 4.98. The highest BCUT2D eigenvalue weighted by Gasteiger charge is 2.12. The summed E-state index contributed by atoms with van der Waals surface area (Å²) >= 11 is 0. The largest absolute Gasteiger partial charge is 0.393 e. The van der Waals surface area contributed by atoms with E-state index in [1.807, 2.05) is 23.9 Å². The lowest BCUT2D eigenvalue weighted by molar-refractivity contribution is 0.185. The van der Waals surface area contributed by atoms with Crippen molar-refractivity contribution >= 4 is 20.7 Å². The van der Waals surface area contributed by atoms with Crippen molar-refractivity contribution in [1.29, 1.82) is 0 Å². The van der Waals surface area contributed by atoms with Gasteiger partial charge in [0.15, 0.2) is 9.84 Å². The predicted molar refractivity (Wildman–Crippen MR) is 76.0 cm³/mol. The van der Waals surface area contributed by atoms with Crippen LogP contribution in [0.5, 0.6) is 0 Å². The molecule has 19 heavy (non-hydrogen) atoms. The zero-order valence-corrected chi connectivity index (χ0v) is 12.2. The molecule has 0 bridgehead atoms. The molecule has 0 aliphatic carbocycles. The first-order valence-electron chi connectivity index (χ1n) is 6.25. The first-order chi connectivity index (χ1) is 8.79. The average Bonchev–Trinajstić information content (AvgIpc) is 2.62. The Morgan fingerprint density at radius 1 is 1.37 bits per heavy atom. The number of aliphatic hydroxyl groups is 1. The molecule has 4 nitrogen and oxygen atoms in total. The van der Waals surface area contributed by atoms with Gasteiger partial charge in [-0.1, -0.05) is 0 Å². The maximum Gasteiger partial charge on any atom is 0.175 e. The minimum atomic E-state index is -3.19. The first-order valence-corrected chi connectivity index (χ1v) is 8.14. The molecule has 5 heteroatoms. The minimum absolute atomic E-state index is 0.337. The topological polar surface area (TPSA) is 59.3 Å². The van der Waals surface area contributed by atoms with Gasteiger partial charge in [0.2, 0.25) is 0 Å². The number of aromatic nitrogens is 1. The second-order valence-corrected chi connectivity index (χ2v) is 7.12. The second-order valence-electron chi connectivity index (χ2n) is 5.10. The summed E-state index contributed by atoms with van der Waals surface area (Å²) in [5.41, 5.74) is 2.08. The predicted octanol–water partition coefficient (Wildman–Crippen LogP) is 1.90. The molecule has 1 aromatic heterocycles. The summed E-state index contributed by atoms with van der Waals surface area (Å²) < 4.78 is 25.2. The van der Waals surface area contributed by atoms with Gasteiger partial charge < -0.3 is 9.67 Å². The Hall–Kier alpha value is -1.33. The maximum absolute atomic E-state index is 11.6. The van der Waals surface area contributed by atoms with Crippen LogP contribution in [-0.4, -0.2) is 30.5 Å². The van der Waals surface area contributed by atoms with E-state index in [0.29, 0.717) is 11.3 Å². The third-order valence-corrected chi connectivity index (χ3v) is 4.41. The summed E-state index contributed by atoms with van der Waals surface area (Å²) in [6, 6.07) is 5.19. The lowest BCUT2D eigenvalue weighted by Crippen LogP contribution is -2.01. The molecule has 0 radical (unpaired) electrons. The van der Waals surface area contributed by atoms with Crippen molar-refractivity contribution in [2.24, 2.45) is 7.05 Å². The van der Waals surface area contributed by atoms with Crippen LogP contribution in [0.15, 0.2) is 29.3 Å². The number of hydrogen-bond donors (Lipinski definition) is 1. The van der Waals surface area contributed by atoms with Crippen LogP contribution in [0.4, 0.5) is 0 Å². The standard InChI is InChI=1S/C14H19NO3S/c1-10(16)4-5-11-9-15(2)14-7-6-12(8-13(11)14)19(3,17)18/h6-10,16H,4-5H2,1-3H3. The van der Waals surface area contributed by atoms with Crippen LogP contribution in [0.25, 0.3) is 10.9 Å². The summed E-state index contributed by atoms with van der Waals surface area (Å²) in [7, 11) is -1.25. The Labute approximate surface area is 113 Å². The average molecular weight is 281 g/mol. The highest BCUT2D eigenvalue weighted by Crippen LogP contribution is 2.25. The highest BCUT2D eigenvalue weighted by atomic mass is 32.2. The Bertz CT molecular complexity index is 699. The van der Waals surface area contributed by atoms with Gasteiger partial charge in [0.05, 0.1) is 11.0 Å². The minimum Gasteiger partial charge on any atom is -0.393 e. The van der Waals surface area contributed by atoms with E-state index in [-0.39, 0.29) is 6.10 Å².